The van der Waals surface area contributed by atoms with Crippen LogP contribution in [0.3, 0.4) is 0 Å². The number of hydrogen-bond donors (Lipinski definition) is 1. The molecule has 0 saturated carbocycles. The quantitative estimate of drug-likeness (QED) is 0.194. The molecule has 3 atom stereocenters. The molecule has 1 rings (SSSR count). The fourth-order valence-electron chi connectivity index (χ4n) is 2.01. The number of unbranched alkanes of at least 4 members (excludes halogenated alkanes) is 1. The van der Waals surface area contributed by atoms with Gasteiger partial charge in [-0.25, -0.2) is 0 Å². The second kappa shape index (κ2) is 9.50. The van der Waals surface area contributed by atoms with Crippen LogP contribution in [-0.4, -0.2) is 43.5 Å². The molecule has 1 N–H and O–H groups in total. The van der Waals surface area contributed by atoms with Gasteiger partial charge in [0.15, 0.2) is 6.29 Å². The van der Waals surface area contributed by atoms with Crippen molar-refractivity contribution in [1.29, 1.82) is 0 Å². The van der Waals surface area contributed by atoms with Crippen molar-refractivity contribution in [3.63, 3.8) is 0 Å². The third-order valence-corrected chi connectivity index (χ3v) is 3.16. The van der Waals surface area contributed by atoms with E-state index in [2.05, 4.69) is 9.89 Å². The highest BCUT2D eigenvalue weighted by Crippen LogP contribution is 2.21. The molecule has 0 aromatic rings. The van der Waals surface area contributed by atoms with Crippen LogP contribution in [0.25, 0.3) is 0 Å². The molecule has 6 heteroatoms. The van der Waals surface area contributed by atoms with E-state index >= 15 is 0 Å². The lowest BCUT2D eigenvalue weighted by Gasteiger charge is -2.32. The van der Waals surface area contributed by atoms with E-state index < -0.39 is 0 Å². The number of rotatable bonds is 7. The predicted molar refractivity (Wildman–Crippen MR) is 73.7 cm³/mol. The summed E-state index contributed by atoms with van der Waals surface area (Å²) in [7, 11) is 1.39. The van der Waals surface area contributed by atoms with Gasteiger partial charge in [0.25, 0.3) is 0 Å². The van der Waals surface area contributed by atoms with E-state index in [4.69, 9.17) is 14.7 Å². The zero-order chi connectivity index (χ0) is 14.8. The van der Waals surface area contributed by atoms with Gasteiger partial charge in [0.05, 0.1) is 19.9 Å². The fraction of sp³-hybridized carbons (Fsp3) is 0.714. The molecule has 0 bridgehead atoms. The highest BCUT2D eigenvalue weighted by molar-refractivity contribution is 5.69. The minimum atomic E-state index is -0.279. The zero-order valence-electron chi connectivity index (χ0n) is 12.0. The Balaban J connectivity index is 2.26. The summed E-state index contributed by atoms with van der Waals surface area (Å²) in [6.07, 6.45) is 7.79. The first-order chi connectivity index (χ1) is 9.67. The fourth-order valence-corrected chi connectivity index (χ4v) is 2.01. The van der Waals surface area contributed by atoms with E-state index in [1.807, 2.05) is 19.1 Å². The molecule has 0 unspecified atom stereocenters. The monoisotopic (exact) mass is 285 g/mol. The summed E-state index contributed by atoms with van der Waals surface area (Å²) in [6, 6.07) is 0. The van der Waals surface area contributed by atoms with Crippen LogP contribution in [0, 0.1) is 5.92 Å². The molecule has 0 aromatic carbocycles. The Morgan fingerprint density at radius 3 is 3.00 bits per heavy atom. The molecular formula is C14H23NO5. The van der Waals surface area contributed by atoms with Crippen molar-refractivity contribution in [2.45, 2.75) is 45.0 Å². The normalized spacial score (nSPS) is 27.2. The van der Waals surface area contributed by atoms with Gasteiger partial charge in [-0.1, -0.05) is 17.3 Å². The van der Waals surface area contributed by atoms with Gasteiger partial charge in [-0.15, -0.1) is 0 Å². The largest absolute Gasteiger partial charge is 0.469 e. The second-order valence-electron chi connectivity index (χ2n) is 4.70. The van der Waals surface area contributed by atoms with Crippen LogP contribution in [0.5, 0.6) is 0 Å². The van der Waals surface area contributed by atoms with Crippen molar-refractivity contribution in [3.05, 3.63) is 12.2 Å². The minimum absolute atomic E-state index is 0.138. The van der Waals surface area contributed by atoms with Crippen molar-refractivity contribution in [3.8, 4) is 0 Å². The van der Waals surface area contributed by atoms with Crippen LogP contribution in [0.4, 0.5) is 0 Å². The van der Waals surface area contributed by atoms with Gasteiger partial charge in [-0.2, -0.15) is 0 Å². The maximum atomic E-state index is 10.9. The van der Waals surface area contributed by atoms with E-state index in [0.29, 0.717) is 13.0 Å². The summed E-state index contributed by atoms with van der Waals surface area (Å²) in [5, 5.41) is 11.7. The predicted octanol–water partition coefficient (Wildman–Crippen LogP) is 2.11. The standard InChI is InChI=1S/C14H23NO5/c1-11-19-10-12(13(20-11)9-15-17)7-5-3-4-6-8-14(16)18-2/h3,5,9,11-13,17H,4,6-8,10H2,1-2H3/t11-,12+,13+/m1/s1. The Bertz CT molecular complexity index is 342. The van der Waals surface area contributed by atoms with Crippen LogP contribution in [0.15, 0.2) is 17.3 Å². The molecule has 6 nitrogen and oxygen atoms in total. The highest BCUT2D eigenvalue weighted by Gasteiger charge is 2.28. The number of esters is 1. The molecule has 0 spiro atoms. The van der Waals surface area contributed by atoms with Crippen LogP contribution >= 0.6 is 0 Å². The van der Waals surface area contributed by atoms with Crippen LogP contribution in [0.1, 0.15) is 32.6 Å². The van der Waals surface area contributed by atoms with Crippen molar-refractivity contribution in [2.24, 2.45) is 11.1 Å². The number of carbonyl (C=O) groups excluding carboxylic acids is 1. The molecule has 1 saturated heterocycles. The lowest BCUT2D eigenvalue weighted by Crippen LogP contribution is -2.39. The summed E-state index contributed by atoms with van der Waals surface area (Å²) < 4.78 is 15.5. The van der Waals surface area contributed by atoms with E-state index in [-0.39, 0.29) is 24.3 Å². The van der Waals surface area contributed by atoms with E-state index in [1.165, 1.54) is 13.3 Å². The second-order valence-corrected chi connectivity index (χ2v) is 4.70. The van der Waals surface area contributed by atoms with Gasteiger partial charge >= 0.3 is 5.97 Å². The van der Waals surface area contributed by atoms with Crippen molar-refractivity contribution in [1.82, 2.24) is 0 Å². The zero-order valence-corrected chi connectivity index (χ0v) is 12.0. The smallest absolute Gasteiger partial charge is 0.305 e. The van der Waals surface area contributed by atoms with Crippen LogP contribution < -0.4 is 0 Å². The van der Waals surface area contributed by atoms with Crippen LogP contribution in [-0.2, 0) is 19.0 Å². The first kappa shape index (κ1) is 16.7. The summed E-state index contributed by atoms with van der Waals surface area (Å²) in [5.74, 6) is -0.0420. The number of oxime groups is 1. The Hall–Kier alpha value is -1.40. The number of ether oxygens (including phenoxy) is 3. The molecule has 20 heavy (non-hydrogen) atoms. The molecule has 114 valence electrons. The Kier molecular flexibility index (Phi) is 7.91. The molecule has 0 aliphatic carbocycles. The molecule has 0 amide bonds. The number of methoxy groups -OCH3 is 1. The number of carbonyl (C=O) groups is 1. The maximum absolute atomic E-state index is 10.9. The molecule has 1 aliphatic rings. The van der Waals surface area contributed by atoms with Gasteiger partial charge in [0, 0.05) is 12.3 Å². The van der Waals surface area contributed by atoms with E-state index in [1.54, 1.807) is 0 Å². The van der Waals surface area contributed by atoms with Crippen LogP contribution in [0.2, 0.25) is 0 Å². The van der Waals surface area contributed by atoms with E-state index in [0.717, 1.165) is 19.3 Å². The van der Waals surface area contributed by atoms with Gasteiger partial charge in [-0.3, -0.25) is 4.79 Å². The average Bonchev–Trinajstić information content (AvgIpc) is 2.44. The Morgan fingerprint density at radius 2 is 2.30 bits per heavy atom. The van der Waals surface area contributed by atoms with Gasteiger partial charge < -0.3 is 19.4 Å². The van der Waals surface area contributed by atoms with Gasteiger partial charge in [-0.05, 0) is 26.2 Å². The number of allylic oxidation sites excluding steroid dienone is 2. The van der Waals surface area contributed by atoms with Crippen molar-refractivity contribution in [2.75, 3.05) is 13.7 Å². The first-order valence-corrected chi connectivity index (χ1v) is 6.83. The Labute approximate surface area is 119 Å². The summed E-state index contributed by atoms with van der Waals surface area (Å²) in [5.41, 5.74) is 0. The third kappa shape index (κ3) is 6.16. The van der Waals surface area contributed by atoms with Gasteiger partial charge in [0.1, 0.15) is 6.10 Å². The third-order valence-electron chi connectivity index (χ3n) is 3.16. The lowest BCUT2D eigenvalue weighted by atomic mass is 9.98. The lowest BCUT2D eigenvalue weighted by molar-refractivity contribution is -0.206. The van der Waals surface area contributed by atoms with E-state index in [9.17, 15) is 4.79 Å². The number of hydrogen-bond acceptors (Lipinski definition) is 6. The molecular weight excluding hydrogens is 262 g/mol. The molecule has 1 aliphatic heterocycles. The minimum Gasteiger partial charge on any atom is -0.469 e. The molecule has 1 heterocycles. The molecule has 0 radical (unpaired) electrons. The maximum Gasteiger partial charge on any atom is 0.305 e. The first-order valence-electron chi connectivity index (χ1n) is 6.83. The number of nitrogens with zero attached hydrogens (tertiary/aromatic N) is 1. The molecule has 1 fully saturated rings. The summed E-state index contributed by atoms with van der Waals surface area (Å²) in [4.78, 5) is 10.9. The van der Waals surface area contributed by atoms with Crippen molar-refractivity contribution < 1.29 is 24.2 Å². The van der Waals surface area contributed by atoms with Crippen molar-refractivity contribution >= 4 is 12.2 Å². The topological polar surface area (TPSA) is 77.4 Å². The highest BCUT2D eigenvalue weighted by atomic mass is 16.7. The average molecular weight is 285 g/mol. The van der Waals surface area contributed by atoms with Gasteiger partial charge in [0.2, 0.25) is 0 Å². The summed E-state index contributed by atoms with van der Waals surface area (Å²) >= 11 is 0. The Morgan fingerprint density at radius 1 is 1.50 bits per heavy atom. The summed E-state index contributed by atoms with van der Waals surface area (Å²) in [6.45, 7) is 2.39. The molecule has 0 aromatic heterocycles. The SMILES string of the molecule is COC(=O)CCCC=CC[C@H]1CO[C@@H](C)O[C@H]1C=NO.